The molecule has 0 fully saturated rings. The molecular weight excluding hydrogens is 359 g/mol. The zero-order valence-electron chi connectivity index (χ0n) is 13.5. The lowest BCUT2D eigenvalue weighted by Crippen LogP contribution is -2.04. The fraction of sp³-hybridized carbons (Fsp3) is 0.111. The number of fused-ring (bicyclic) bond motifs is 1. The van der Waals surface area contributed by atoms with Gasteiger partial charge in [0.2, 0.25) is 0 Å². The lowest BCUT2D eigenvalue weighted by atomic mass is 10.3. The van der Waals surface area contributed by atoms with Crippen molar-refractivity contribution in [1.29, 1.82) is 0 Å². The summed E-state index contributed by atoms with van der Waals surface area (Å²) in [6.07, 6.45) is 5.30. The number of aromatic amines is 1. The fourth-order valence-electron chi connectivity index (χ4n) is 2.54. The number of rotatable bonds is 4. The molecule has 7 heteroatoms. The number of hydrogen-bond donors (Lipinski definition) is 1. The van der Waals surface area contributed by atoms with Gasteiger partial charge in [-0.05, 0) is 37.3 Å². The van der Waals surface area contributed by atoms with Crippen molar-refractivity contribution in [2.45, 2.75) is 13.0 Å². The highest BCUT2D eigenvalue weighted by Gasteiger charge is 2.13. The minimum atomic E-state index is -0.151. The van der Waals surface area contributed by atoms with Gasteiger partial charge in [-0.3, -0.25) is 0 Å². The van der Waals surface area contributed by atoms with E-state index in [2.05, 4.69) is 21.0 Å². The van der Waals surface area contributed by atoms with Crippen LogP contribution in [0.15, 0.2) is 67.3 Å². The van der Waals surface area contributed by atoms with Gasteiger partial charge in [-0.15, -0.1) is 24.8 Å². The first-order valence-corrected chi connectivity index (χ1v) is 7.49. The van der Waals surface area contributed by atoms with Crippen LogP contribution in [-0.2, 0) is 0 Å². The van der Waals surface area contributed by atoms with Crippen molar-refractivity contribution in [3.05, 3.63) is 73.1 Å². The maximum atomic E-state index is 5.92. The molecule has 4 rings (SSSR count). The Labute approximate surface area is 157 Å². The summed E-state index contributed by atoms with van der Waals surface area (Å²) in [4.78, 5) is 12.0. The molecular formula is C18H18Cl2N4O. The Morgan fingerprint density at radius 3 is 2.60 bits per heavy atom. The predicted octanol–water partition coefficient (Wildman–Crippen LogP) is 4.73. The van der Waals surface area contributed by atoms with Gasteiger partial charge in [0.15, 0.2) is 6.10 Å². The second-order valence-electron chi connectivity index (χ2n) is 5.37. The molecule has 2 aromatic carbocycles. The first kappa shape index (κ1) is 18.8. The largest absolute Gasteiger partial charge is 0.483 e. The van der Waals surface area contributed by atoms with Gasteiger partial charge in [0, 0.05) is 18.1 Å². The lowest BCUT2D eigenvalue weighted by molar-refractivity contribution is 0.218. The standard InChI is InChI=1S/C18H16N4O.2ClH/c1-13(23-15-5-3-2-4-6-15)18-20-16-8-7-14(11-17(16)21-18)22-10-9-19-12-22;;/h2-13H,1H3,(H,20,21);2*1H/t13-;;/m1../s1. The van der Waals surface area contributed by atoms with E-state index in [9.17, 15) is 0 Å². The third-order valence-electron chi connectivity index (χ3n) is 3.73. The third-order valence-corrected chi connectivity index (χ3v) is 3.73. The number of nitrogens with one attached hydrogen (secondary N) is 1. The third kappa shape index (κ3) is 3.95. The van der Waals surface area contributed by atoms with Crippen LogP contribution >= 0.6 is 24.8 Å². The highest BCUT2D eigenvalue weighted by atomic mass is 35.5. The maximum Gasteiger partial charge on any atom is 0.153 e. The zero-order chi connectivity index (χ0) is 15.6. The fourth-order valence-corrected chi connectivity index (χ4v) is 2.54. The number of nitrogens with zero attached hydrogens (tertiary/aromatic N) is 3. The van der Waals surface area contributed by atoms with Crippen molar-refractivity contribution < 1.29 is 4.74 Å². The molecule has 4 aromatic rings. The normalized spacial score (nSPS) is 11.4. The van der Waals surface area contributed by atoms with E-state index in [-0.39, 0.29) is 30.9 Å². The van der Waals surface area contributed by atoms with E-state index >= 15 is 0 Å². The average Bonchev–Trinajstić information content (AvgIpc) is 3.24. The molecule has 0 unspecified atom stereocenters. The molecule has 2 heterocycles. The van der Waals surface area contributed by atoms with Gasteiger partial charge in [0.25, 0.3) is 0 Å². The van der Waals surface area contributed by atoms with Gasteiger partial charge in [-0.1, -0.05) is 18.2 Å². The molecule has 0 spiro atoms. The minimum Gasteiger partial charge on any atom is -0.483 e. The second kappa shape index (κ2) is 8.05. The van der Waals surface area contributed by atoms with Crippen LogP contribution in [-0.4, -0.2) is 19.5 Å². The lowest BCUT2D eigenvalue weighted by Gasteiger charge is -2.11. The van der Waals surface area contributed by atoms with Crippen LogP contribution in [0.1, 0.15) is 18.9 Å². The van der Waals surface area contributed by atoms with Crippen molar-refractivity contribution >= 4 is 35.8 Å². The van der Waals surface area contributed by atoms with Gasteiger partial charge in [-0.25, -0.2) is 9.97 Å². The van der Waals surface area contributed by atoms with E-state index in [1.165, 1.54) is 0 Å². The van der Waals surface area contributed by atoms with Gasteiger partial charge >= 0.3 is 0 Å². The molecule has 0 amide bonds. The molecule has 0 saturated carbocycles. The van der Waals surface area contributed by atoms with Crippen molar-refractivity contribution in [1.82, 2.24) is 19.5 Å². The summed E-state index contributed by atoms with van der Waals surface area (Å²) >= 11 is 0. The van der Waals surface area contributed by atoms with Crippen LogP contribution < -0.4 is 4.74 Å². The molecule has 130 valence electrons. The number of hydrogen-bond acceptors (Lipinski definition) is 3. The van der Waals surface area contributed by atoms with Crippen LogP contribution in [0, 0.1) is 0 Å². The van der Waals surface area contributed by atoms with Gasteiger partial charge < -0.3 is 14.3 Å². The summed E-state index contributed by atoms with van der Waals surface area (Å²) in [5.74, 6) is 1.64. The molecule has 0 bridgehead atoms. The number of H-pyrrole nitrogens is 1. The van der Waals surface area contributed by atoms with Crippen molar-refractivity contribution in [2.75, 3.05) is 0 Å². The Balaban J connectivity index is 0.00000113. The molecule has 25 heavy (non-hydrogen) atoms. The first-order valence-electron chi connectivity index (χ1n) is 7.49. The molecule has 1 atom stereocenters. The van der Waals surface area contributed by atoms with E-state index in [1.807, 2.05) is 60.2 Å². The van der Waals surface area contributed by atoms with Crippen LogP contribution in [0.5, 0.6) is 5.75 Å². The Morgan fingerprint density at radius 2 is 1.88 bits per heavy atom. The highest BCUT2D eigenvalue weighted by Crippen LogP contribution is 2.23. The van der Waals surface area contributed by atoms with E-state index < -0.39 is 0 Å². The van der Waals surface area contributed by atoms with Crippen molar-refractivity contribution in [2.24, 2.45) is 0 Å². The topological polar surface area (TPSA) is 55.7 Å². The van der Waals surface area contributed by atoms with Gasteiger partial charge in [0.05, 0.1) is 17.4 Å². The highest BCUT2D eigenvalue weighted by molar-refractivity contribution is 5.85. The SMILES string of the molecule is C[C@@H](Oc1ccccc1)c1nc2ccc(-n3ccnc3)cc2[nH]1.Cl.Cl. The summed E-state index contributed by atoms with van der Waals surface area (Å²) in [7, 11) is 0. The molecule has 5 nitrogen and oxygen atoms in total. The summed E-state index contributed by atoms with van der Waals surface area (Å²) in [5, 5.41) is 0. The first-order chi connectivity index (χ1) is 11.3. The Kier molecular flexibility index (Phi) is 6.07. The molecule has 0 saturated heterocycles. The number of halogens is 2. The van der Waals surface area contributed by atoms with Gasteiger partial charge in [0.1, 0.15) is 11.6 Å². The maximum absolute atomic E-state index is 5.92. The van der Waals surface area contributed by atoms with E-state index in [1.54, 1.807) is 12.5 Å². The van der Waals surface area contributed by atoms with E-state index in [4.69, 9.17) is 4.74 Å². The van der Waals surface area contributed by atoms with Crippen molar-refractivity contribution in [3.8, 4) is 11.4 Å². The van der Waals surface area contributed by atoms with E-state index in [0.717, 1.165) is 28.3 Å². The smallest absolute Gasteiger partial charge is 0.153 e. The summed E-state index contributed by atoms with van der Waals surface area (Å²) < 4.78 is 7.89. The Bertz CT molecular complexity index is 923. The number of para-hydroxylation sites is 1. The zero-order valence-corrected chi connectivity index (χ0v) is 15.1. The molecule has 2 aromatic heterocycles. The average molecular weight is 377 g/mol. The number of imidazole rings is 2. The molecule has 0 aliphatic rings. The van der Waals surface area contributed by atoms with Crippen LogP contribution in [0.3, 0.4) is 0 Å². The van der Waals surface area contributed by atoms with Crippen LogP contribution in [0.4, 0.5) is 0 Å². The number of ether oxygens (including phenoxy) is 1. The summed E-state index contributed by atoms with van der Waals surface area (Å²) in [6, 6.07) is 15.8. The van der Waals surface area contributed by atoms with Crippen LogP contribution in [0.2, 0.25) is 0 Å². The molecule has 0 aliphatic carbocycles. The minimum absolute atomic E-state index is 0. The molecule has 0 aliphatic heterocycles. The predicted molar refractivity (Wildman–Crippen MR) is 103 cm³/mol. The monoisotopic (exact) mass is 376 g/mol. The quantitative estimate of drug-likeness (QED) is 0.559. The van der Waals surface area contributed by atoms with Crippen molar-refractivity contribution in [3.63, 3.8) is 0 Å². The summed E-state index contributed by atoms with van der Waals surface area (Å²) in [5.41, 5.74) is 2.95. The Hall–Kier alpha value is -2.50. The van der Waals surface area contributed by atoms with E-state index in [0.29, 0.717) is 0 Å². The molecule has 0 radical (unpaired) electrons. The number of aromatic nitrogens is 4. The van der Waals surface area contributed by atoms with Crippen LogP contribution in [0.25, 0.3) is 16.7 Å². The second-order valence-corrected chi connectivity index (χ2v) is 5.37. The Morgan fingerprint density at radius 1 is 1.08 bits per heavy atom. The summed E-state index contributed by atoms with van der Waals surface area (Å²) in [6.45, 7) is 1.99. The van der Waals surface area contributed by atoms with Gasteiger partial charge in [-0.2, -0.15) is 0 Å². The molecule has 1 N–H and O–H groups in total. The number of benzene rings is 2.